The Morgan fingerprint density at radius 1 is 1.25 bits per heavy atom. The average molecular weight is 285 g/mol. The van der Waals surface area contributed by atoms with Crippen molar-refractivity contribution < 1.29 is 0 Å². The van der Waals surface area contributed by atoms with Gasteiger partial charge in [-0.3, -0.25) is 0 Å². The van der Waals surface area contributed by atoms with Crippen LogP contribution < -0.4 is 0 Å². The fourth-order valence-corrected chi connectivity index (χ4v) is 2.17. The van der Waals surface area contributed by atoms with Crippen molar-refractivity contribution in [3.8, 4) is 11.1 Å². The maximum atomic E-state index is 3.22. The molecule has 0 aliphatic heterocycles. The van der Waals surface area contributed by atoms with Crippen LogP contribution in [-0.2, 0) is 0 Å². The molecule has 0 spiro atoms. The molecule has 2 rings (SSSR count). The van der Waals surface area contributed by atoms with Crippen LogP contribution >= 0.6 is 33.9 Å². The van der Waals surface area contributed by atoms with Gasteiger partial charge < -0.3 is 0 Å². The molecule has 12 heavy (non-hydrogen) atoms. The lowest BCUT2D eigenvalue weighted by molar-refractivity contribution is 1.62. The zero-order valence-corrected chi connectivity index (χ0v) is 9.22. The van der Waals surface area contributed by atoms with Crippen molar-refractivity contribution in [2.45, 2.75) is 0 Å². The second kappa shape index (κ2) is 3.58. The molecule has 1 aromatic carbocycles. The summed E-state index contributed by atoms with van der Waals surface area (Å²) in [7, 11) is 0. The maximum Gasteiger partial charge on any atom is 0.0527 e. The van der Waals surface area contributed by atoms with E-state index in [2.05, 4.69) is 63.7 Å². The van der Waals surface area contributed by atoms with Gasteiger partial charge in [0, 0.05) is 9.13 Å². The smallest absolute Gasteiger partial charge is 0.0527 e. The zero-order chi connectivity index (χ0) is 8.39. The van der Waals surface area contributed by atoms with Gasteiger partial charge in [-0.15, -0.1) is 11.3 Å². The summed E-state index contributed by atoms with van der Waals surface area (Å²) < 4.78 is 1.27. The van der Waals surface area contributed by atoms with Crippen molar-refractivity contribution in [2.24, 2.45) is 0 Å². The minimum Gasteiger partial charge on any atom is -0.142 e. The molecule has 0 unspecified atom stereocenters. The predicted octanol–water partition coefficient (Wildman–Crippen LogP) is 3.82. The van der Waals surface area contributed by atoms with E-state index in [1.807, 2.05) is 0 Å². The van der Waals surface area contributed by atoms with E-state index in [4.69, 9.17) is 0 Å². The standard InChI is InChI=1S/C10H6IS/c11-10-3-1-2-8(6-10)9-4-5-12-7-9/h1-6H. The van der Waals surface area contributed by atoms with Gasteiger partial charge in [-0.05, 0) is 51.7 Å². The molecule has 0 nitrogen and oxygen atoms in total. The van der Waals surface area contributed by atoms with E-state index < -0.39 is 0 Å². The van der Waals surface area contributed by atoms with Crippen molar-refractivity contribution in [1.82, 2.24) is 0 Å². The van der Waals surface area contributed by atoms with E-state index in [9.17, 15) is 0 Å². The Morgan fingerprint density at radius 3 is 2.83 bits per heavy atom. The lowest BCUT2D eigenvalue weighted by atomic mass is 10.1. The van der Waals surface area contributed by atoms with E-state index in [-0.39, 0.29) is 0 Å². The quantitative estimate of drug-likeness (QED) is 0.699. The molecule has 1 radical (unpaired) electrons. The molecular formula is C10H6IS. The summed E-state index contributed by atoms with van der Waals surface area (Å²) in [6.45, 7) is 0. The molecule has 0 saturated heterocycles. The number of rotatable bonds is 1. The lowest BCUT2D eigenvalue weighted by Crippen LogP contribution is -1.74. The highest BCUT2D eigenvalue weighted by Crippen LogP contribution is 2.22. The van der Waals surface area contributed by atoms with Crippen molar-refractivity contribution in [3.63, 3.8) is 0 Å². The summed E-state index contributed by atoms with van der Waals surface area (Å²) >= 11 is 3.93. The van der Waals surface area contributed by atoms with E-state index >= 15 is 0 Å². The minimum absolute atomic E-state index is 1.19. The molecule has 0 amide bonds. The third-order valence-corrected chi connectivity index (χ3v) is 2.89. The Bertz CT molecular complexity index is 365. The van der Waals surface area contributed by atoms with E-state index in [0.29, 0.717) is 0 Å². The molecule has 0 saturated carbocycles. The van der Waals surface area contributed by atoms with Crippen LogP contribution in [0, 0.1) is 8.95 Å². The van der Waals surface area contributed by atoms with Gasteiger partial charge in [0.15, 0.2) is 0 Å². The zero-order valence-electron chi connectivity index (χ0n) is 6.25. The molecule has 1 heterocycles. The van der Waals surface area contributed by atoms with Crippen molar-refractivity contribution in [1.29, 1.82) is 0 Å². The second-order valence-electron chi connectivity index (χ2n) is 2.45. The summed E-state index contributed by atoms with van der Waals surface area (Å²) in [5.74, 6) is 0. The molecule has 1 aromatic heterocycles. The molecular weight excluding hydrogens is 279 g/mol. The number of hydrogen-bond acceptors (Lipinski definition) is 1. The summed E-state index contributed by atoms with van der Waals surface area (Å²) in [5.41, 5.74) is 2.45. The van der Waals surface area contributed by atoms with Crippen LogP contribution in [0.15, 0.2) is 35.7 Å². The number of benzene rings is 1. The summed E-state index contributed by atoms with van der Waals surface area (Å²) in [4.78, 5) is 0. The first-order chi connectivity index (χ1) is 5.86. The fraction of sp³-hybridized carbons (Fsp3) is 0. The largest absolute Gasteiger partial charge is 0.142 e. The molecule has 59 valence electrons. The summed E-state index contributed by atoms with van der Waals surface area (Å²) in [6, 6.07) is 10.5. The van der Waals surface area contributed by atoms with E-state index in [1.54, 1.807) is 11.3 Å². The van der Waals surface area contributed by atoms with Crippen molar-refractivity contribution in [3.05, 3.63) is 44.7 Å². The highest BCUT2D eigenvalue weighted by molar-refractivity contribution is 14.1. The summed E-state index contributed by atoms with van der Waals surface area (Å²) in [6.07, 6.45) is 0. The molecule has 0 aliphatic rings. The highest BCUT2D eigenvalue weighted by atomic mass is 127. The minimum atomic E-state index is 1.19. The molecule has 0 atom stereocenters. The Balaban J connectivity index is 2.48. The Morgan fingerprint density at radius 2 is 2.17 bits per heavy atom. The van der Waals surface area contributed by atoms with Gasteiger partial charge in [-0.1, -0.05) is 12.1 Å². The van der Waals surface area contributed by atoms with Crippen molar-refractivity contribution >= 4 is 33.9 Å². The molecule has 2 aromatic rings. The molecule has 0 bridgehead atoms. The topological polar surface area (TPSA) is 0 Å². The number of thiophene rings is 1. The first-order valence-electron chi connectivity index (χ1n) is 3.57. The number of halogens is 1. The fourth-order valence-electron chi connectivity index (χ4n) is 1.04. The summed E-state index contributed by atoms with van der Waals surface area (Å²) in [5, 5.41) is 5.27. The predicted molar refractivity (Wildman–Crippen MR) is 61.3 cm³/mol. The second-order valence-corrected chi connectivity index (χ2v) is 4.40. The molecule has 2 heteroatoms. The Hall–Kier alpha value is -0.350. The van der Waals surface area contributed by atoms with E-state index in [0.717, 1.165) is 0 Å². The van der Waals surface area contributed by atoms with Gasteiger partial charge in [-0.2, -0.15) is 0 Å². The average Bonchev–Trinajstić information content (AvgIpc) is 2.56. The first-order valence-corrected chi connectivity index (χ1v) is 5.53. The first kappa shape index (κ1) is 8.26. The van der Waals surface area contributed by atoms with Crippen LogP contribution in [-0.4, -0.2) is 0 Å². The third-order valence-electron chi connectivity index (χ3n) is 1.61. The van der Waals surface area contributed by atoms with Gasteiger partial charge in [0.1, 0.15) is 0 Å². The lowest BCUT2D eigenvalue weighted by Gasteiger charge is -1.96. The highest BCUT2D eigenvalue weighted by Gasteiger charge is 1.97. The van der Waals surface area contributed by atoms with Gasteiger partial charge in [0.2, 0.25) is 0 Å². The van der Waals surface area contributed by atoms with Crippen LogP contribution in [0.1, 0.15) is 0 Å². The van der Waals surface area contributed by atoms with Crippen LogP contribution in [0.2, 0.25) is 0 Å². The van der Waals surface area contributed by atoms with E-state index in [1.165, 1.54) is 14.7 Å². The number of hydrogen-bond donors (Lipinski definition) is 0. The maximum absolute atomic E-state index is 3.22. The van der Waals surface area contributed by atoms with Gasteiger partial charge in [0.25, 0.3) is 0 Å². The third kappa shape index (κ3) is 1.69. The normalized spacial score (nSPS) is 10.1. The van der Waals surface area contributed by atoms with Crippen LogP contribution in [0.25, 0.3) is 11.1 Å². The molecule has 0 N–H and O–H groups in total. The SMILES string of the molecule is Ic1cccc(-c2[c]scc2)c1. The van der Waals surface area contributed by atoms with Gasteiger partial charge >= 0.3 is 0 Å². The van der Waals surface area contributed by atoms with Crippen molar-refractivity contribution in [2.75, 3.05) is 0 Å². The Labute approximate surface area is 89.4 Å². The molecule has 0 aliphatic carbocycles. The van der Waals surface area contributed by atoms with Crippen LogP contribution in [0.4, 0.5) is 0 Å². The van der Waals surface area contributed by atoms with Gasteiger partial charge in [-0.25, -0.2) is 0 Å². The van der Waals surface area contributed by atoms with Gasteiger partial charge in [0.05, 0.1) is 5.38 Å². The molecule has 0 fully saturated rings. The van der Waals surface area contributed by atoms with Crippen LogP contribution in [0.5, 0.6) is 0 Å². The van der Waals surface area contributed by atoms with Crippen LogP contribution in [0.3, 0.4) is 0 Å². The monoisotopic (exact) mass is 285 g/mol. The Kier molecular flexibility index (Phi) is 2.46.